The molecule has 3 heteroatoms. The number of carbonyl (C=O) groups is 1. The zero-order valence-corrected chi connectivity index (χ0v) is 7.17. The molecule has 2 nitrogen and oxygen atoms in total. The van der Waals surface area contributed by atoms with Crippen LogP contribution in [0.25, 0.3) is 0 Å². The van der Waals surface area contributed by atoms with Gasteiger partial charge in [0.1, 0.15) is 6.61 Å². The second-order valence-corrected chi connectivity index (χ2v) is 3.06. The zero-order valence-electron chi connectivity index (χ0n) is 6.42. The molecule has 0 spiro atoms. The highest BCUT2D eigenvalue weighted by Crippen LogP contribution is 2.38. The molecule has 0 N–H and O–H groups in total. The van der Waals surface area contributed by atoms with Crippen LogP contribution in [0.5, 0.6) is 0 Å². The van der Waals surface area contributed by atoms with Crippen LogP contribution in [0, 0.1) is 11.8 Å². The summed E-state index contributed by atoms with van der Waals surface area (Å²) in [6.45, 7) is 2.34. The van der Waals surface area contributed by atoms with Crippen molar-refractivity contribution < 1.29 is 9.53 Å². The molecular formula is C8H11ClO2. The molecule has 0 unspecified atom stereocenters. The third kappa shape index (κ3) is 2.54. The van der Waals surface area contributed by atoms with Crippen molar-refractivity contribution in [1.29, 1.82) is 0 Å². The number of halogens is 1. The van der Waals surface area contributed by atoms with Gasteiger partial charge in [-0.3, -0.25) is 4.79 Å². The number of hydrogen-bond donors (Lipinski definition) is 0. The van der Waals surface area contributed by atoms with Crippen molar-refractivity contribution in [3.63, 3.8) is 0 Å². The van der Waals surface area contributed by atoms with E-state index in [-0.39, 0.29) is 11.9 Å². The van der Waals surface area contributed by atoms with Crippen LogP contribution in [0.4, 0.5) is 0 Å². The average molecular weight is 175 g/mol. The summed E-state index contributed by atoms with van der Waals surface area (Å²) in [5, 5.41) is 0. The summed E-state index contributed by atoms with van der Waals surface area (Å²) in [5.74, 6) is 0.577. The van der Waals surface area contributed by atoms with Gasteiger partial charge in [-0.25, -0.2) is 0 Å². The fourth-order valence-corrected chi connectivity index (χ4v) is 0.997. The molecule has 0 heterocycles. The molecule has 1 fully saturated rings. The summed E-state index contributed by atoms with van der Waals surface area (Å²) in [5.41, 5.74) is 1.35. The monoisotopic (exact) mass is 174 g/mol. The average Bonchev–Trinajstić information content (AvgIpc) is 2.67. The van der Waals surface area contributed by atoms with Gasteiger partial charge >= 0.3 is 5.97 Å². The first-order chi connectivity index (χ1) is 5.25. The maximum absolute atomic E-state index is 11.0. The highest BCUT2D eigenvalue weighted by atomic mass is 35.5. The van der Waals surface area contributed by atoms with Crippen LogP contribution < -0.4 is 0 Å². The van der Waals surface area contributed by atoms with Crippen molar-refractivity contribution in [2.24, 2.45) is 11.8 Å². The minimum absolute atomic E-state index is 0.0905. The van der Waals surface area contributed by atoms with Crippen LogP contribution >= 0.6 is 11.6 Å². The molecule has 0 aliphatic heterocycles. The Bertz CT molecular complexity index is 177. The molecule has 1 saturated carbocycles. The minimum Gasteiger partial charge on any atom is -0.461 e. The quantitative estimate of drug-likeness (QED) is 0.612. The summed E-state index contributed by atoms with van der Waals surface area (Å²) in [6, 6.07) is 0. The second kappa shape index (κ2) is 3.77. The van der Waals surface area contributed by atoms with Crippen molar-refractivity contribution in [3.8, 4) is 0 Å². The first-order valence-electron chi connectivity index (χ1n) is 3.67. The van der Waals surface area contributed by atoms with E-state index < -0.39 is 0 Å². The second-order valence-electron chi connectivity index (χ2n) is 2.81. The van der Waals surface area contributed by atoms with E-state index in [1.54, 1.807) is 6.08 Å². The Morgan fingerprint density at radius 2 is 2.45 bits per heavy atom. The lowest BCUT2D eigenvalue weighted by molar-refractivity contribution is -0.144. The van der Waals surface area contributed by atoms with Gasteiger partial charge in [-0.1, -0.05) is 18.5 Å². The molecule has 2 atom stereocenters. The Morgan fingerprint density at radius 1 is 1.82 bits per heavy atom. The molecule has 0 bridgehead atoms. The first kappa shape index (κ1) is 8.60. The van der Waals surface area contributed by atoms with Crippen molar-refractivity contribution in [1.82, 2.24) is 0 Å². The number of hydrogen-bond acceptors (Lipinski definition) is 2. The van der Waals surface area contributed by atoms with Gasteiger partial charge in [-0.2, -0.15) is 0 Å². The van der Waals surface area contributed by atoms with Crippen LogP contribution in [-0.2, 0) is 9.53 Å². The molecule has 0 amide bonds. The summed E-state index contributed by atoms with van der Waals surface area (Å²) < 4.78 is 4.87. The molecule has 1 aliphatic carbocycles. The molecule has 0 aromatic rings. The Morgan fingerprint density at radius 3 is 2.91 bits per heavy atom. The maximum atomic E-state index is 11.0. The Labute approximate surface area is 71.2 Å². The minimum atomic E-state index is -0.0905. The van der Waals surface area contributed by atoms with Crippen LogP contribution in [0.1, 0.15) is 13.3 Å². The standard InChI is InChI=1S/C8H11ClO2/c1-6-5-7(6)8(10)11-4-2-3-9/h2-3,6-7H,4-5H2,1H3/b3-2+/t6-,7-/m0/s1. The lowest BCUT2D eigenvalue weighted by atomic mass is 10.3. The molecule has 0 aromatic carbocycles. The van der Waals surface area contributed by atoms with E-state index in [2.05, 4.69) is 0 Å². The highest BCUT2D eigenvalue weighted by Gasteiger charge is 2.40. The Hall–Kier alpha value is -0.500. The van der Waals surface area contributed by atoms with Gasteiger partial charge in [0.05, 0.1) is 5.92 Å². The Balaban J connectivity index is 2.12. The van der Waals surface area contributed by atoms with Gasteiger partial charge < -0.3 is 4.74 Å². The molecular weight excluding hydrogens is 164 g/mol. The fourth-order valence-electron chi connectivity index (χ4n) is 0.924. The molecule has 1 rings (SSSR count). The largest absolute Gasteiger partial charge is 0.461 e. The van der Waals surface area contributed by atoms with Crippen LogP contribution in [0.2, 0.25) is 0 Å². The summed E-state index contributed by atoms with van der Waals surface area (Å²) in [4.78, 5) is 11.0. The topological polar surface area (TPSA) is 26.3 Å². The van der Waals surface area contributed by atoms with Crippen molar-refractivity contribution in [3.05, 3.63) is 11.6 Å². The van der Waals surface area contributed by atoms with E-state index in [1.165, 1.54) is 5.54 Å². The van der Waals surface area contributed by atoms with Crippen LogP contribution in [0.3, 0.4) is 0 Å². The number of rotatable bonds is 3. The van der Waals surface area contributed by atoms with Gasteiger partial charge in [0.15, 0.2) is 0 Å². The third-order valence-electron chi connectivity index (χ3n) is 1.82. The van der Waals surface area contributed by atoms with E-state index in [4.69, 9.17) is 16.3 Å². The maximum Gasteiger partial charge on any atom is 0.309 e. The van der Waals surface area contributed by atoms with Crippen LogP contribution in [-0.4, -0.2) is 12.6 Å². The molecule has 11 heavy (non-hydrogen) atoms. The predicted molar refractivity (Wildman–Crippen MR) is 43.2 cm³/mol. The molecule has 1 aliphatic rings. The lowest BCUT2D eigenvalue weighted by Crippen LogP contribution is -2.07. The lowest BCUT2D eigenvalue weighted by Gasteiger charge is -1.98. The third-order valence-corrected chi connectivity index (χ3v) is 2.00. The van der Waals surface area contributed by atoms with Gasteiger partial charge in [-0.15, -0.1) is 0 Å². The number of ether oxygens (including phenoxy) is 1. The van der Waals surface area contributed by atoms with Crippen molar-refractivity contribution >= 4 is 17.6 Å². The van der Waals surface area contributed by atoms with E-state index in [1.807, 2.05) is 6.92 Å². The summed E-state index contributed by atoms with van der Waals surface area (Å²) in [6.07, 6.45) is 2.58. The molecule has 0 saturated heterocycles. The summed E-state index contributed by atoms with van der Waals surface area (Å²) in [7, 11) is 0. The number of carbonyl (C=O) groups excluding carboxylic acids is 1. The van der Waals surface area contributed by atoms with E-state index in [9.17, 15) is 4.79 Å². The van der Waals surface area contributed by atoms with Crippen molar-refractivity contribution in [2.45, 2.75) is 13.3 Å². The summed E-state index contributed by atoms with van der Waals surface area (Å²) >= 11 is 5.24. The normalized spacial score (nSPS) is 28.9. The predicted octanol–water partition coefficient (Wildman–Crippen LogP) is 1.94. The smallest absolute Gasteiger partial charge is 0.309 e. The number of esters is 1. The molecule has 0 aromatic heterocycles. The molecule has 0 radical (unpaired) electrons. The van der Waals surface area contributed by atoms with Crippen molar-refractivity contribution in [2.75, 3.05) is 6.61 Å². The zero-order chi connectivity index (χ0) is 8.27. The fraction of sp³-hybridized carbons (Fsp3) is 0.625. The van der Waals surface area contributed by atoms with Gasteiger partial charge in [-0.05, 0) is 18.4 Å². The van der Waals surface area contributed by atoms with E-state index in [0.29, 0.717) is 12.5 Å². The van der Waals surface area contributed by atoms with Gasteiger partial charge in [0, 0.05) is 5.54 Å². The highest BCUT2D eigenvalue weighted by molar-refractivity contribution is 6.25. The van der Waals surface area contributed by atoms with Gasteiger partial charge in [0.2, 0.25) is 0 Å². The van der Waals surface area contributed by atoms with Gasteiger partial charge in [0.25, 0.3) is 0 Å². The van der Waals surface area contributed by atoms with E-state index in [0.717, 1.165) is 6.42 Å². The SMILES string of the molecule is C[C@H]1C[C@@H]1C(=O)OC/C=C/Cl. The first-order valence-corrected chi connectivity index (χ1v) is 4.11. The van der Waals surface area contributed by atoms with E-state index >= 15 is 0 Å². The Kier molecular flexibility index (Phi) is 2.94. The van der Waals surface area contributed by atoms with Crippen LogP contribution in [0.15, 0.2) is 11.6 Å². The molecule has 62 valence electrons.